The maximum Gasteiger partial charge on any atom is 0.184 e. The van der Waals surface area contributed by atoms with Crippen molar-refractivity contribution in [2.75, 3.05) is 0 Å². The molecule has 15 heavy (non-hydrogen) atoms. The lowest BCUT2D eigenvalue weighted by Gasteiger charge is -2.37. The van der Waals surface area contributed by atoms with Crippen LogP contribution in [0.2, 0.25) is 0 Å². The van der Waals surface area contributed by atoms with Crippen molar-refractivity contribution in [2.45, 2.75) is 44.0 Å². The lowest BCUT2D eigenvalue weighted by atomic mass is 9.77. The molecule has 0 aromatic carbocycles. The Bertz CT molecular complexity index is 346. The zero-order valence-corrected chi connectivity index (χ0v) is 11.8. The fourth-order valence-electron chi connectivity index (χ4n) is 2.44. The van der Waals surface area contributed by atoms with Crippen molar-refractivity contribution in [3.05, 3.63) is 12.2 Å². The van der Waals surface area contributed by atoms with Crippen molar-refractivity contribution in [1.82, 2.24) is 0 Å². The second-order valence-electron chi connectivity index (χ2n) is 4.86. The van der Waals surface area contributed by atoms with Gasteiger partial charge in [-0.2, -0.15) is 0 Å². The molecule has 4 atom stereocenters. The van der Waals surface area contributed by atoms with E-state index in [0.29, 0.717) is 5.92 Å². The Morgan fingerprint density at radius 2 is 2.40 bits per heavy atom. The number of nitrogens with two attached hydrogens (primary N) is 1. The highest BCUT2D eigenvalue weighted by molar-refractivity contribution is 8.69. The van der Waals surface area contributed by atoms with Gasteiger partial charge in [0.05, 0.1) is 6.10 Å². The molecule has 0 bridgehead atoms. The van der Waals surface area contributed by atoms with Gasteiger partial charge in [0.2, 0.25) is 0 Å². The molecule has 1 unspecified atom stereocenters. The normalized spacial score (nSPS) is 50.1. The minimum atomic E-state index is -2.05. The minimum Gasteiger partial charge on any atom is -0.326 e. The van der Waals surface area contributed by atoms with Gasteiger partial charge in [-0.05, 0) is 50.8 Å². The molecule has 0 amide bonds. The molecule has 1 aliphatic heterocycles. The monoisotopic (exact) mass is 263 g/mol. The maximum absolute atomic E-state index is 5.99. The largest absolute Gasteiger partial charge is 0.326 e. The molecule has 1 saturated carbocycles. The van der Waals surface area contributed by atoms with E-state index in [4.69, 9.17) is 21.8 Å². The number of hydrogen-bond donors (Lipinski definition) is 1. The van der Waals surface area contributed by atoms with E-state index in [1.807, 2.05) is 0 Å². The van der Waals surface area contributed by atoms with Gasteiger partial charge in [0.1, 0.15) is 0 Å². The van der Waals surface area contributed by atoms with Gasteiger partial charge in [0, 0.05) is 4.75 Å². The summed E-state index contributed by atoms with van der Waals surface area (Å²) in [6.07, 6.45) is 3.64. The first-order chi connectivity index (χ1) is 6.82. The molecular weight excluding hydrogens is 245 g/mol. The molecule has 0 spiro atoms. The lowest BCUT2D eigenvalue weighted by molar-refractivity contribution is 0.127. The molecule has 86 valence electrons. The fourth-order valence-corrected chi connectivity index (χ4v) is 8.94. The Morgan fingerprint density at radius 3 is 3.00 bits per heavy atom. The van der Waals surface area contributed by atoms with Crippen molar-refractivity contribution in [3.63, 3.8) is 0 Å². The highest BCUT2D eigenvalue weighted by Gasteiger charge is 2.51. The standard InChI is InChI=1S/C10H18NOPS2/c1-7(2)8-4-5-10(3)9(6-8)12-13(11,14)15-10/h8-9H,1,4-6H2,2-3H3,(H2,11,14)/t8-,9+,10+,13?/m0/s1. The van der Waals surface area contributed by atoms with Gasteiger partial charge < -0.3 is 4.52 Å². The van der Waals surface area contributed by atoms with Gasteiger partial charge in [-0.3, -0.25) is 5.50 Å². The van der Waals surface area contributed by atoms with Crippen LogP contribution in [-0.2, 0) is 16.3 Å². The van der Waals surface area contributed by atoms with E-state index in [1.54, 1.807) is 11.4 Å². The van der Waals surface area contributed by atoms with E-state index in [-0.39, 0.29) is 10.9 Å². The number of hydrogen-bond acceptors (Lipinski definition) is 3. The summed E-state index contributed by atoms with van der Waals surface area (Å²) in [6, 6.07) is 0. The molecule has 0 radical (unpaired) electrons. The Kier molecular flexibility index (Phi) is 3.11. The summed E-state index contributed by atoms with van der Waals surface area (Å²) >= 11 is 7.03. The third-order valence-corrected chi connectivity index (χ3v) is 8.36. The summed E-state index contributed by atoms with van der Waals surface area (Å²) in [4.78, 5) is 0. The van der Waals surface area contributed by atoms with Gasteiger partial charge in [0.25, 0.3) is 0 Å². The summed E-state index contributed by atoms with van der Waals surface area (Å²) in [6.45, 7) is 8.39. The van der Waals surface area contributed by atoms with Gasteiger partial charge in [-0.15, -0.1) is 0 Å². The topological polar surface area (TPSA) is 35.2 Å². The van der Waals surface area contributed by atoms with Gasteiger partial charge in [-0.25, -0.2) is 0 Å². The summed E-state index contributed by atoms with van der Waals surface area (Å²) < 4.78 is 6.02. The highest BCUT2D eigenvalue weighted by Crippen LogP contribution is 2.70. The number of allylic oxidation sites excluding steroid dienone is 1. The van der Waals surface area contributed by atoms with E-state index >= 15 is 0 Å². The summed E-state index contributed by atoms with van der Waals surface area (Å²) in [5.74, 6) is 0.594. The van der Waals surface area contributed by atoms with Crippen LogP contribution in [0.3, 0.4) is 0 Å². The van der Waals surface area contributed by atoms with E-state index in [1.165, 1.54) is 12.0 Å². The van der Waals surface area contributed by atoms with Gasteiger partial charge >= 0.3 is 0 Å². The first-order valence-electron chi connectivity index (χ1n) is 5.25. The van der Waals surface area contributed by atoms with Crippen LogP contribution in [0.4, 0.5) is 0 Å². The van der Waals surface area contributed by atoms with E-state index < -0.39 is 5.62 Å². The van der Waals surface area contributed by atoms with Crippen LogP contribution in [0, 0.1) is 5.92 Å². The molecule has 2 fully saturated rings. The van der Waals surface area contributed by atoms with Crippen molar-refractivity contribution < 1.29 is 4.52 Å². The smallest absolute Gasteiger partial charge is 0.184 e. The fraction of sp³-hybridized carbons (Fsp3) is 0.800. The first kappa shape index (κ1) is 12.1. The van der Waals surface area contributed by atoms with Crippen molar-refractivity contribution >= 4 is 28.8 Å². The Hall–Kier alpha value is 0.660. The van der Waals surface area contributed by atoms with E-state index in [0.717, 1.165) is 12.8 Å². The second kappa shape index (κ2) is 3.85. The molecule has 1 heterocycles. The van der Waals surface area contributed by atoms with Crippen molar-refractivity contribution in [2.24, 2.45) is 11.4 Å². The molecule has 1 aliphatic carbocycles. The molecule has 2 aliphatic rings. The van der Waals surface area contributed by atoms with Crippen molar-refractivity contribution in [3.8, 4) is 0 Å². The van der Waals surface area contributed by atoms with Crippen LogP contribution in [0.15, 0.2) is 12.2 Å². The van der Waals surface area contributed by atoms with Gasteiger partial charge in [-0.1, -0.05) is 23.5 Å². The Balaban J connectivity index is 2.16. The molecule has 0 aromatic heterocycles. The summed E-state index contributed by atoms with van der Waals surface area (Å²) in [5.41, 5.74) is 5.20. The summed E-state index contributed by atoms with van der Waals surface area (Å²) in [5, 5.41) is 0. The van der Waals surface area contributed by atoms with E-state index in [2.05, 4.69) is 20.4 Å². The lowest BCUT2D eigenvalue weighted by Crippen LogP contribution is -2.39. The second-order valence-corrected chi connectivity index (χ2v) is 11.8. The third-order valence-electron chi connectivity index (χ3n) is 3.48. The van der Waals surface area contributed by atoms with Crippen LogP contribution >= 0.6 is 17.0 Å². The summed E-state index contributed by atoms with van der Waals surface area (Å²) in [7, 11) is 0. The maximum atomic E-state index is 5.99. The quantitative estimate of drug-likeness (QED) is 0.580. The van der Waals surface area contributed by atoms with Crippen LogP contribution < -0.4 is 5.50 Å². The molecule has 0 aromatic rings. The van der Waals surface area contributed by atoms with E-state index in [9.17, 15) is 0 Å². The average molecular weight is 263 g/mol. The van der Waals surface area contributed by atoms with Gasteiger partial charge in [0.15, 0.2) is 5.62 Å². The first-order valence-corrected chi connectivity index (χ1v) is 9.47. The molecule has 2 nitrogen and oxygen atoms in total. The van der Waals surface area contributed by atoms with Crippen LogP contribution in [0.1, 0.15) is 33.1 Å². The molecular formula is C10H18NOPS2. The zero-order chi connectivity index (χ0) is 11.3. The zero-order valence-electron chi connectivity index (χ0n) is 9.23. The molecule has 2 rings (SSSR count). The Morgan fingerprint density at radius 1 is 1.73 bits per heavy atom. The number of fused-ring (bicyclic) bond motifs is 1. The molecule has 5 heteroatoms. The predicted molar refractivity (Wildman–Crippen MR) is 71.5 cm³/mol. The Labute approximate surface area is 101 Å². The third kappa shape index (κ3) is 2.34. The SMILES string of the molecule is C=C(C)[C@H]1CC[C@@]2(C)SP(N)(=S)O[C@@H]2C1. The van der Waals surface area contributed by atoms with Crippen LogP contribution in [-0.4, -0.2) is 10.9 Å². The molecule has 1 saturated heterocycles. The predicted octanol–water partition coefficient (Wildman–Crippen LogP) is 3.44. The van der Waals surface area contributed by atoms with Crippen LogP contribution in [0.25, 0.3) is 0 Å². The highest BCUT2D eigenvalue weighted by atomic mass is 32.9. The average Bonchev–Trinajstić information content (AvgIpc) is 2.31. The van der Waals surface area contributed by atoms with Crippen molar-refractivity contribution in [1.29, 1.82) is 0 Å². The minimum absolute atomic E-state index is 0.163. The number of rotatable bonds is 1. The molecule has 2 N–H and O–H groups in total. The van der Waals surface area contributed by atoms with Crippen LogP contribution in [0.5, 0.6) is 0 Å².